The molecule has 2 heteroatoms. The second-order valence-electron chi connectivity index (χ2n) is 6.22. The Bertz CT molecular complexity index is 410. The topological polar surface area (TPSA) is 12.0 Å². The largest absolute Gasteiger partial charge is 0.310 e. The quantitative estimate of drug-likeness (QED) is 0.713. The van der Waals surface area contributed by atoms with Crippen molar-refractivity contribution in [3.63, 3.8) is 0 Å². The zero-order valence-electron chi connectivity index (χ0n) is 12.9. The molecule has 1 aromatic rings. The van der Waals surface area contributed by atoms with Crippen molar-refractivity contribution in [3.05, 3.63) is 34.3 Å². The third-order valence-electron chi connectivity index (χ3n) is 4.53. The minimum Gasteiger partial charge on any atom is -0.310 e. The first-order valence-electron chi connectivity index (χ1n) is 8.20. The van der Waals surface area contributed by atoms with Gasteiger partial charge in [-0.15, -0.1) is 0 Å². The molecule has 1 N–H and O–H groups in total. The highest BCUT2D eigenvalue weighted by Crippen LogP contribution is 2.35. The Hall–Kier alpha value is -0.530. The maximum atomic E-state index is 6.54. The molecule has 0 spiro atoms. The Kier molecular flexibility index (Phi) is 6.38. The fraction of sp³-hybridized carbons (Fsp3) is 0.667. The highest BCUT2D eigenvalue weighted by atomic mass is 35.5. The van der Waals surface area contributed by atoms with Crippen molar-refractivity contribution in [3.8, 4) is 0 Å². The van der Waals surface area contributed by atoms with Crippen LogP contribution in [-0.4, -0.2) is 6.54 Å². The van der Waals surface area contributed by atoms with E-state index in [-0.39, 0.29) is 0 Å². The molecule has 1 aliphatic rings. The lowest BCUT2D eigenvalue weighted by molar-refractivity contribution is 0.300. The predicted molar refractivity (Wildman–Crippen MR) is 88.4 cm³/mol. The number of rotatable bonds is 6. The van der Waals surface area contributed by atoms with E-state index in [1.165, 1.54) is 56.1 Å². The molecular weight excluding hydrogens is 266 g/mol. The van der Waals surface area contributed by atoms with Crippen LogP contribution in [0.25, 0.3) is 0 Å². The second-order valence-corrected chi connectivity index (χ2v) is 6.60. The number of nitrogens with one attached hydrogen (secondary N) is 1. The van der Waals surface area contributed by atoms with Gasteiger partial charge >= 0.3 is 0 Å². The lowest BCUT2D eigenvalue weighted by Crippen LogP contribution is -2.25. The van der Waals surface area contributed by atoms with E-state index >= 15 is 0 Å². The average Bonchev–Trinajstić information content (AvgIpc) is 2.48. The maximum Gasteiger partial charge on any atom is 0.0482 e. The number of hydrogen-bond donors (Lipinski definition) is 1. The first-order valence-corrected chi connectivity index (χ1v) is 8.58. The normalized spacial score (nSPS) is 18.1. The predicted octanol–water partition coefficient (Wildman–Crippen LogP) is 5.66. The smallest absolute Gasteiger partial charge is 0.0482 e. The van der Waals surface area contributed by atoms with E-state index in [9.17, 15) is 0 Å². The number of aryl methyl sites for hydroxylation is 1. The second kappa shape index (κ2) is 8.05. The molecule has 2 rings (SSSR count). The molecule has 1 unspecified atom stereocenters. The van der Waals surface area contributed by atoms with E-state index < -0.39 is 0 Å². The van der Waals surface area contributed by atoms with Gasteiger partial charge in [0.05, 0.1) is 0 Å². The molecule has 1 fully saturated rings. The summed E-state index contributed by atoms with van der Waals surface area (Å²) in [6.45, 7) is 5.40. The van der Waals surface area contributed by atoms with Gasteiger partial charge in [-0.05, 0) is 43.4 Å². The Morgan fingerprint density at radius 2 is 2.00 bits per heavy atom. The molecule has 0 aromatic heterocycles. The summed E-state index contributed by atoms with van der Waals surface area (Å²) in [5.74, 6) is 0.870. The van der Waals surface area contributed by atoms with Gasteiger partial charge in [-0.1, -0.05) is 68.8 Å². The molecule has 20 heavy (non-hydrogen) atoms. The van der Waals surface area contributed by atoms with Crippen molar-refractivity contribution in [2.75, 3.05) is 6.54 Å². The summed E-state index contributed by atoms with van der Waals surface area (Å²) in [5, 5.41) is 4.67. The van der Waals surface area contributed by atoms with E-state index in [2.05, 4.69) is 37.4 Å². The minimum atomic E-state index is 0.422. The maximum absolute atomic E-state index is 6.54. The molecule has 0 radical (unpaired) electrons. The third-order valence-corrected chi connectivity index (χ3v) is 5.05. The number of benzene rings is 1. The first kappa shape index (κ1) is 15.9. The summed E-state index contributed by atoms with van der Waals surface area (Å²) < 4.78 is 0. The molecule has 112 valence electrons. The van der Waals surface area contributed by atoms with Crippen LogP contribution in [0, 0.1) is 12.8 Å². The van der Waals surface area contributed by atoms with Crippen LogP contribution in [0.15, 0.2) is 18.2 Å². The lowest BCUT2D eigenvalue weighted by Gasteiger charge is -2.28. The van der Waals surface area contributed by atoms with E-state index in [0.717, 1.165) is 17.5 Å². The summed E-state index contributed by atoms with van der Waals surface area (Å²) in [5.41, 5.74) is 2.49. The van der Waals surface area contributed by atoms with Gasteiger partial charge in [0.1, 0.15) is 0 Å². The molecule has 1 aliphatic carbocycles. The van der Waals surface area contributed by atoms with Gasteiger partial charge in [0.2, 0.25) is 0 Å². The summed E-state index contributed by atoms with van der Waals surface area (Å²) in [7, 11) is 0. The fourth-order valence-electron chi connectivity index (χ4n) is 3.33. The van der Waals surface area contributed by atoms with E-state index in [0.29, 0.717) is 6.04 Å². The molecule has 0 amide bonds. The molecular formula is C18H28ClN. The van der Waals surface area contributed by atoms with Gasteiger partial charge in [-0.25, -0.2) is 0 Å². The van der Waals surface area contributed by atoms with Crippen LogP contribution in [-0.2, 0) is 0 Å². The lowest BCUT2D eigenvalue weighted by atomic mass is 9.83. The third kappa shape index (κ3) is 4.23. The van der Waals surface area contributed by atoms with Crippen LogP contribution in [0.3, 0.4) is 0 Å². The van der Waals surface area contributed by atoms with Crippen LogP contribution in [0.4, 0.5) is 0 Å². The van der Waals surface area contributed by atoms with Crippen LogP contribution in [0.1, 0.15) is 69.0 Å². The van der Waals surface area contributed by atoms with Gasteiger partial charge < -0.3 is 5.32 Å². The molecule has 0 bridgehead atoms. The average molecular weight is 294 g/mol. The van der Waals surface area contributed by atoms with E-state index in [4.69, 9.17) is 11.6 Å². The Morgan fingerprint density at radius 3 is 2.70 bits per heavy atom. The molecule has 1 nitrogen and oxygen atoms in total. The van der Waals surface area contributed by atoms with Crippen molar-refractivity contribution in [1.82, 2.24) is 5.32 Å². The standard InChI is InChI=1S/C18H28ClN/c1-3-12-20-17(13-15-9-5-4-6-10-15)16-11-7-8-14(2)18(16)19/h7-8,11,15,17,20H,3-6,9-10,12-13H2,1-2H3. The SMILES string of the molecule is CCCNC(CC1CCCCC1)c1cccc(C)c1Cl. The van der Waals surface area contributed by atoms with Gasteiger partial charge in [0.15, 0.2) is 0 Å². The van der Waals surface area contributed by atoms with Gasteiger partial charge in [-0.3, -0.25) is 0 Å². The monoisotopic (exact) mass is 293 g/mol. The molecule has 1 atom stereocenters. The summed E-state index contributed by atoms with van der Waals surface area (Å²) in [4.78, 5) is 0. The highest BCUT2D eigenvalue weighted by molar-refractivity contribution is 6.32. The van der Waals surface area contributed by atoms with E-state index in [1.54, 1.807) is 0 Å². The first-order chi connectivity index (χ1) is 9.72. The van der Waals surface area contributed by atoms with Crippen molar-refractivity contribution in [2.45, 2.75) is 64.8 Å². The summed E-state index contributed by atoms with van der Waals surface area (Å²) >= 11 is 6.54. The summed E-state index contributed by atoms with van der Waals surface area (Å²) in [6, 6.07) is 6.86. The Morgan fingerprint density at radius 1 is 1.25 bits per heavy atom. The van der Waals surface area contributed by atoms with Crippen molar-refractivity contribution in [2.24, 2.45) is 5.92 Å². The molecule has 1 saturated carbocycles. The van der Waals surface area contributed by atoms with Crippen LogP contribution >= 0.6 is 11.6 Å². The van der Waals surface area contributed by atoms with Crippen molar-refractivity contribution in [1.29, 1.82) is 0 Å². The minimum absolute atomic E-state index is 0.422. The number of halogens is 1. The van der Waals surface area contributed by atoms with Crippen LogP contribution in [0.5, 0.6) is 0 Å². The van der Waals surface area contributed by atoms with Crippen LogP contribution in [0.2, 0.25) is 5.02 Å². The Balaban J connectivity index is 2.11. The van der Waals surface area contributed by atoms with Crippen LogP contribution < -0.4 is 5.32 Å². The molecule has 1 aromatic carbocycles. The Labute approximate surface area is 129 Å². The zero-order valence-corrected chi connectivity index (χ0v) is 13.7. The highest BCUT2D eigenvalue weighted by Gasteiger charge is 2.21. The van der Waals surface area contributed by atoms with Crippen molar-refractivity contribution >= 4 is 11.6 Å². The molecule has 0 aliphatic heterocycles. The van der Waals surface area contributed by atoms with Crippen molar-refractivity contribution < 1.29 is 0 Å². The molecule has 0 heterocycles. The summed E-state index contributed by atoms with van der Waals surface area (Å²) in [6.07, 6.45) is 9.45. The van der Waals surface area contributed by atoms with Gasteiger partial charge in [0, 0.05) is 11.1 Å². The van der Waals surface area contributed by atoms with Gasteiger partial charge in [-0.2, -0.15) is 0 Å². The zero-order chi connectivity index (χ0) is 14.4. The molecule has 0 saturated heterocycles. The number of hydrogen-bond acceptors (Lipinski definition) is 1. The van der Waals surface area contributed by atoms with E-state index in [1.807, 2.05) is 0 Å². The van der Waals surface area contributed by atoms with Gasteiger partial charge in [0.25, 0.3) is 0 Å². The fourth-order valence-corrected chi connectivity index (χ4v) is 3.59.